The molecule has 1 fully saturated rings. The lowest BCUT2D eigenvalue weighted by molar-refractivity contribution is -0.0381. The van der Waals surface area contributed by atoms with Gasteiger partial charge in [-0.2, -0.15) is 0 Å². The van der Waals surface area contributed by atoms with Crippen molar-refractivity contribution >= 4 is 5.69 Å². The topological polar surface area (TPSA) is 21.3 Å². The Morgan fingerprint density at radius 3 is 2.74 bits per heavy atom. The number of benzene rings is 2. The van der Waals surface area contributed by atoms with Gasteiger partial charge >= 0.3 is 0 Å². The van der Waals surface area contributed by atoms with Crippen molar-refractivity contribution in [3.05, 3.63) is 64.7 Å². The highest BCUT2D eigenvalue weighted by atomic mass is 16.5. The number of nitrogens with one attached hydrogen (secondary N) is 1. The molecule has 4 rings (SSSR count). The van der Waals surface area contributed by atoms with Gasteiger partial charge in [0.15, 0.2) is 0 Å². The second-order valence-corrected chi connectivity index (χ2v) is 6.91. The van der Waals surface area contributed by atoms with Gasteiger partial charge in [0.2, 0.25) is 0 Å². The molecule has 2 heteroatoms. The van der Waals surface area contributed by atoms with Crippen LogP contribution in [0.3, 0.4) is 0 Å². The van der Waals surface area contributed by atoms with Gasteiger partial charge in [-0.3, -0.25) is 0 Å². The van der Waals surface area contributed by atoms with Crippen LogP contribution in [0, 0.1) is 12.8 Å². The molecule has 0 saturated carbocycles. The molecule has 3 atom stereocenters. The minimum Gasteiger partial charge on any atom is -0.378 e. The Morgan fingerprint density at radius 2 is 1.96 bits per heavy atom. The van der Waals surface area contributed by atoms with Crippen molar-refractivity contribution < 1.29 is 4.74 Å². The maximum atomic E-state index is 6.22. The molecular weight excluding hydrogens is 282 g/mol. The SMILES string of the molecule is CCc1ccc([C@@H]2Nc3ccc(C)cc3[C@@H]3OCCC[C@@H]23)cc1. The summed E-state index contributed by atoms with van der Waals surface area (Å²) in [5.41, 5.74) is 6.68. The number of fused-ring (bicyclic) bond motifs is 3. The van der Waals surface area contributed by atoms with Gasteiger partial charge in [-0.25, -0.2) is 0 Å². The molecule has 0 radical (unpaired) electrons. The Kier molecular flexibility index (Phi) is 3.86. The zero-order valence-corrected chi connectivity index (χ0v) is 14.0. The standard InChI is InChI=1S/C21H25NO/c1-3-15-7-9-16(10-8-15)20-17-5-4-12-23-21(17)18-13-14(2)6-11-19(18)22-20/h6-11,13,17,20-22H,3-5,12H2,1-2H3/t17-,20-,21+/m0/s1. The number of hydrogen-bond donors (Lipinski definition) is 1. The first-order chi connectivity index (χ1) is 11.3. The van der Waals surface area contributed by atoms with Crippen molar-refractivity contribution in [2.75, 3.05) is 11.9 Å². The number of ether oxygens (including phenoxy) is 1. The quantitative estimate of drug-likeness (QED) is 0.824. The second-order valence-electron chi connectivity index (χ2n) is 6.91. The molecule has 1 saturated heterocycles. The summed E-state index contributed by atoms with van der Waals surface area (Å²) in [4.78, 5) is 0. The van der Waals surface area contributed by atoms with Gasteiger partial charge in [-0.1, -0.05) is 48.9 Å². The lowest BCUT2D eigenvalue weighted by Gasteiger charge is -2.43. The minimum atomic E-state index is 0.232. The molecule has 0 amide bonds. The first-order valence-corrected chi connectivity index (χ1v) is 8.84. The lowest BCUT2D eigenvalue weighted by Crippen LogP contribution is -2.36. The average Bonchev–Trinajstić information content (AvgIpc) is 2.61. The van der Waals surface area contributed by atoms with E-state index in [2.05, 4.69) is 61.6 Å². The van der Waals surface area contributed by atoms with Crippen molar-refractivity contribution in [2.24, 2.45) is 5.92 Å². The highest BCUT2D eigenvalue weighted by Gasteiger charge is 2.39. The van der Waals surface area contributed by atoms with Crippen LogP contribution in [0.15, 0.2) is 42.5 Å². The smallest absolute Gasteiger partial charge is 0.0895 e. The summed E-state index contributed by atoms with van der Waals surface area (Å²) < 4.78 is 6.22. The molecule has 120 valence electrons. The average molecular weight is 307 g/mol. The lowest BCUT2D eigenvalue weighted by atomic mass is 9.77. The number of anilines is 1. The largest absolute Gasteiger partial charge is 0.378 e. The van der Waals surface area contributed by atoms with Gasteiger partial charge in [0.25, 0.3) is 0 Å². The monoisotopic (exact) mass is 307 g/mol. The van der Waals surface area contributed by atoms with E-state index >= 15 is 0 Å². The maximum absolute atomic E-state index is 6.22. The van der Waals surface area contributed by atoms with E-state index in [1.807, 2.05) is 0 Å². The summed E-state index contributed by atoms with van der Waals surface area (Å²) in [5.74, 6) is 0.519. The summed E-state index contributed by atoms with van der Waals surface area (Å²) in [6.07, 6.45) is 3.71. The number of rotatable bonds is 2. The molecule has 2 aliphatic rings. The third-order valence-corrected chi connectivity index (χ3v) is 5.37. The molecule has 2 aliphatic heterocycles. The van der Waals surface area contributed by atoms with Crippen LogP contribution in [0.5, 0.6) is 0 Å². The molecule has 2 nitrogen and oxygen atoms in total. The number of aryl methyl sites for hydroxylation is 2. The van der Waals surface area contributed by atoms with Crippen molar-refractivity contribution in [1.82, 2.24) is 0 Å². The summed E-state index contributed by atoms with van der Waals surface area (Å²) in [6.45, 7) is 5.25. The van der Waals surface area contributed by atoms with E-state index in [1.54, 1.807) is 0 Å². The second kappa shape index (κ2) is 6.01. The summed E-state index contributed by atoms with van der Waals surface area (Å²) in [7, 11) is 0. The highest BCUT2D eigenvalue weighted by molar-refractivity contribution is 5.58. The molecule has 2 aromatic rings. The highest BCUT2D eigenvalue weighted by Crippen LogP contribution is 2.49. The molecule has 0 unspecified atom stereocenters. The first kappa shape index (κ1) is 14.8. The number of hydrogen-bond acceptors (Lipinski definition) is 2. The van der Waals surface area contributed by atoms with Gasteiger partial charge in [0.05, 0.1) is 12.1 Å². The first-order valence-electron chi connectivity index (χ1n) is 8.84. The summed E-state index contributed by atoms with van der Waals surface area (Å²) >= 11 is 0. The van der Waals surface area contributed by atoms with Gasteiger partial charge in [-0.15, -0.1) is 0 Å². The predicted octanol–water partition coefficient (Wildman–Crippen LogP) is 5.19. The van der Waals surface area contributed by atoms with Crippen LogP contribution in [0.4, 0.5) is 5.69 Å². The molecular formula is C21H25NO. The Bertz CT molecular complexity index is 691. The Hall–Kier alpha value is -1.80. The third kappa shape index (κ3) is 2.66. The normalized spacial score (nSPS) is 26.1. The van der Waals surface area contributed by atoms with E-state index < -0.39 is 0 Å². The van der Waals surface area contributed by atoms with Crippen molar-refractivity contribution in [3.63, 3.8) is 0 Å². The van der Waals surface area contributed by atoms with E-state index in [0.29, 0.717) is 12.0 Å². The fraction of sp³-hybridized carbons (Fsp3) is 0.429. The van der Waals surface area contributed by atoms with Crippen LogP contribution in [-0.4, -0.2) is 6.61 Å². The molecule has 2 heterocycles. The predicted molar refractivity (Wildman–Crippen MR) is 94.8 cm³/mol. The van der Waals surface area contributed by atoms with Crippen LogP contribution < -0.4 is 5.32 Å². The van der Waals surface area contributed by atoms with Gasteiger partial charge < -0.3 is 10.1 Å². The van der Waals surface area contributed by atoms with Crippen LogP contribution in [0.1, 0.15) is 54.2 Å². The van der Waals surface area contributed by atoms with E-state index in [0.717, 1.165) is 19.4 Å². The maximum Gasteiger partial charge on any atom is 0.0895 e. The van der Waals surface area contributed by atoms with Crippen molar-refractivity contribution in [2.45, 2.75) is 45.3 Å². The third-order valence-electron chi connectivity index (χ3n) is 5.37. The van der Waals surface area contributed by atoms with Gasteiger partial charge in [0.1, 0.15) is 0 Å². The van der Waals surface area contributed by atoms with Crippen LogP contribution >= 0.6 is 0 Å². The van der Waals surface area contributed by atoms with E-state index in [4.69, 9.17) is 4.74 Å². The van der Waals surface area contributed by atoms with E-state index in [1.165, 1.54) is 34.4 Å². The summed E-state index contributed by atoms with van der Waals surface area (Å²) in [6, 6.07) is 16.2. The molecule has 2 aromatic carbocycles. The molecule has 0 aliphatic carbocycles. The van der Waals surface area contributed by atoms with Gasteiger partial charge in [-0.05, 0) is 43.4 Å². The van der Waals surface area contributed by atoms with Crippen LogP contribution in [-0.2, 0) is 11.2 Å². The van der Waals surface area contributed by atoms with E-state index in [9.17, 15) is 0 Å². The molecule has 0 aromatic heterocycles. The summed E-state index contributed by atoms with van der Waals surface area (Å²) in [5, 5.41) is 3.80. The minimum absolute atomic E-state index is 0.232. The molecule has 0 spiro atoms. The van der Waals surface area contributed by atoms with Gasteiger partial charge in [0, 0.05) is 23.8 Å². The Balaban J connectivity index is 1.73. The fourth-order valence-corrected chi connectivity index (χ4v) is 4.08. The van der Waals surface area contributed by atoms with Crippen molar-refractivity contribution in [3.8, 4) is 0 Å². The molecule has 23 heavy (non-hydrogen) atoms. The van der Waals surface area contributed by atoms with E-state index in [-0.39, 0.29) is 6.10 Å². The van der Waals surface area contributed by atoms with Crippen molar-refractivity contribution in [1.29, 1.82) is 0 Å². The van der Waals surface area contributed by atoms with Crippen LogP contribution in [0.2, 0.25) is 0 Å². The fourth-order valence-electron chi connectivity index (χ4n) is 4.08. The Labute approximate surface area is 138 Å². The molecule has 1 N–H and O–H groups in total. The zero-order chi connectivity index (χ0) is 15.8. The zero-order valence-electron chi connectivity index (χ0n) is 14.0. The molecule has 0 bridgehead atoms. The Morgan fingerprint density at radius 1 is 1.13 bits per heavy atom. The van der Waals surface area contributed by atoms with Crippen LogP contribution in [0.25, 0.3) is 0 Å².